The maximum absolute atomic E-state index is 13.3. The van der Waals surface area contributed by atoms with Crippen LogP contribution in [0.15, 0.2) is 29.4 Å². The molecule has 3 aliphatic rings. The van der Waals surface area contributed by atoms with Crippen molar-refractivity contribution in [1.82, 2.24) is 14.8 Å². The standard InChI is InChI=1S/C20H24N6O3S/c1-13(18(28)25-12-17(27)21-15-4-2-3-5-16(15)25)30-20-23-22-19(26(20)14-6-7-14)24-8-10-29-11-9-24/h2-5,13-14H,6-12H2,1H3,(H,21,27). The molecule has 1 saturated carbocycles. The number of amides is 2. The molecule has 1 N–H and O–H groups in total. The van der Waals surface area contributed by atoms with Gasteiger partial charge in [0.2, 0.25) is 17.8 Å². The van der Waals surface area contributed by atoms with E-state index in [2.05, 4.69) is 25.0 Å². The van der Waals surface area contributed by atoms with Crippen molar-refractivity contribution in [2.45, 2.75) is 36.2 Å². The van der Waals surface area contributed by atoms with Gasteiger partial charge in [-0.1, -0.05) is 23.9 Å². The number of para-hydroxylation sites is 2. The zero-order valence-electron chi connectivity index (χ0n) is 16.8. The molecule has 0 spiro atoms. The summed E-state index contributed by atoms with van der Waals surface area (Å²) in [4.78, 5) is 29.1. The Morgan fingerprint density at radius 1 is 1.23 bits per heavy atom. The lowest BCUT2D eigenvalue weighted by molar-refractivity contribution is -0.121. The third-order valence-electron chi connectivity index (χ3n) is 5.52. The zero-order chi connectivity index (χ0) is 20.7. The Morgan fingerprint density at radius 3 is 2.77 bits per heavy atom. The average molecular weight is 429 g/mol. The van der Waals surface area contributed by atoms with Crippen LogP contribution in [-0.2, 0) is 14.3 Å². The topological polar surface area (TPSA) is 92.6 Å². The van der Waals surface area contributed by atoms with Gasteiger partial charge in [0.05, 0.1) is 29.8 Å². The zero-order valence-corrected chi connectivity index (χ0v) is 17.6. The van der Waals surface area contributed by atoms with Gasteiger partial charge in [-0.05, 0) is 31.9 Å². The van der Waals surface area contributed by atoms with Gasteiger partial charge in [-0.3, -0.25) is 19.1 Å². The number of carbonyl (C=O) groups is 2. The lowest BCUT2D eigenvalue weighted by Crippen LogP contribution is -2.45. The second-order valence-corrected chi connectivity index (χ2v) is 9.04. The van der Waals surface area contributed by atoms with Crippen LogP contribution in [0, 0.1) is 0 Å². The minimum atomic E-state index is -0.400. The molecule has 158 valence electrons. The molecule has 0 bridgehead atoms. The second-order valence-electron chi connectivity index (χ2n) is 7.73. The molecule has 1 saturated heterocycles. The summed E-state index contributed by atoms with van der Waals surface area (Å²) in [6.45, 7) is 4.85. The number of rotatable bonds is 5. The largest absolute Gasteiger partial charge is 0.378 e. The van der Waals surface area contributed by atoms with Crippen LogP contribution in [-0.4, -0.2) is 64.7 Å². The van der Waals surface area contributed by atoms with Gasteiger partial charge in [0.15, 0.2) is 5.16 Å². The summed E-state index contributed by atoms with van der Waals surface area (Å²) < 4.78 is 7.63. The van der Waals surface area contributed by atoms with Crippen LogP contribution in [0.3, 0.4) is 0 Å². The lowest BCUT2D eigenvalue weighted by Gasteiger charge is -2.31. The molecule has 0 radical (unpaired) electrons. The van der Waals surface area contributed by atoms with Crippen molar-refractivity contribution in [2.24, 2.45) is 0 Å². The first-order valence-corrected chi connectivity index (χ1v) is 11.1. The van der Waals surface area contributed by atoms with Crippen molar-refractivity contribution >= 4 is 40.9 Å². The van der Waals surface area contributed by atoms with E-state index in [1.807, 2.05) is 31.2 Å². The number of nitrogens with one attached hydrogen (secondary N) is 1. The molecule has 2 fully saturated rings. The van der Waals surface area contributed by atoms with E-state index in [4.69, 9.17) is 4.74 Å². The smallest absolute Gasteiger partial charge is 0.244 e. The highest BCUT2D eigenvalue weighted by Gasteiger charge is 2.35. The first kappa shape index (κ1) is 19.4. The maximum atomic E-state index is 13.3. The lowest BCUT2D eigenvalue weighted by atomic mass is 10.2. The Morgan fingerprint density at radius 2 is 2.00 bits per heavy atom. The number of nitrogens with zero attached hydrogens (tertiary/aromatic N) is 5. The third-order valence-corrected chi connectivity index (χ3v) is 6.56. The van der Waals surface area contributed by atoms with E-state index in [1.54, 1.807) is 4.90 Å². The van der Waals surface area contributed by atoms with E-state index in [0.717, 1.165) is 42.7 Å². The number of fused-ring (bicyclic) bond motifs is 1. The average Bonchev–Trinajstić information content (AvgIpc) is 3.53. The predicted molar refractivity (Wildman–Crippen MR) is 114 cm³/mol. The maximum Gasteiger partial charge on any atom is 0.244 e. The summed E-state index contributed by atoms with van der Waals surface area (Å²) >= 11 is 1.41. The number of thioether (sulfide) groups is 1. The molecular formula is C20H24N6O3S. The third kappa shape index (κ3) is 3.65. The van der Waals surface area contributed by atoms with Crippen molar-refractivity contribution in [3.63, 3.8) is 0 Å². The Bertz CT molecular complexity index is 969. The Labute approximate surface area is 178 Å². The number of hydrogen-bond donors (Lipinski definition) is 1. The molecule has 1 aromatic carbocycles. The molecule has 1 unspecified atom stereocenters. The summed E-state index contributed by atoms with van der Waals surface area (Å²) in [6, 6.07) is 7.77. The van der Waals surface area contributed by atoms with E-state index in [-0.39, 0.29) is 18.4 Å². The van der Waals surface area contributed by atoms with Crippen LogP contribution in [0.2, 0.25) is 0 Å². The van der Waals surface area contributed by atoms with Gasteiger partial charge in [0.1, 0.15) is 6.54 Å². The second kappa shape index (κ2) is 7.92. The van der Waals surface area contributed by atoms with Gasteiger partial charge in [0, 0.05) is 19.1 Å². The van der Waals surface area contributed by atoms with Crippen LogP contribution < -0.4 is 15.1 Å². The van der Waals surface area contributed by atoms with E-state index >= 15 is 0 Å². The van der Waals surface area contributed by atoms with Gasteiger partial charge in [-0.25, -0.2) is 0 Å². The highest BCUT2D eigenvalue weighted by molar-refractivity contribution is 8.00. The molecule has 1 atom stereocenters. The quantitative estimate of drug-likeness (QED) is 0.728. The molecule has 1 aliphatic carbocycles. The first-order valence-electron chi connectivity index (χ1n) is 10.3. The SMILES string of the molecule is CC(Sc1nnc(N2CCOCC2)n1C1CC1)C(=O)N1CC(=O)Nc2ccccc21. The fourth-order valence-corrected chi connectivity index (χ4v) is 4.82. The van der Waals surface area contributed by atoms with E-state index in [1.165, 1.54) is 11.8 Å². The van der Waals surface area contributed by atoms with Crippen LogP contribution >= 0.6 is 11.8 Å². The fourth-order valence-electron chi connectivity index (χ4n) is 3.84. The van der Waals surface area contributed by atoms with Gasteiger partial charge in [0.25, 0.3) is 0 Å². The molecule has 30 heavy (non-hydrogen) atoms. The van der Waals surface area contributed by atoms with Gasteiger partial charge < -0.3 is 15.0 Å². The summed E-state index contributed by atoms with van der Waals surface area (Å²) in [7, 11) is 0. The summed E-state index contributed by atoms with van der Waals surface area (Å²) in [5, 5.41) is 12.1. The summed E-state index contributed by atoms with van der Waals surface area (Å²) in [5.74, 6) is 0.571. The molecule has 9 nitrogen and oxygen atoms in total. The van der Waals surface area contributed by atoms with Crippen LogP contribution in [0.5, 0.6) is 0 Å². The molecule has 5 rings (SSSR count). The fraction of sp³-hybridized carbons (Fsp3) is 0.500. The molecular weight excluding hydrogens is 404 g/mol. The molecule has 10 heteroatoms. The number of hydrogen-bond acceptors (Lipinski definition) is 7. The monoisotopic (exact) mass is 428 g/mol. The molecule has 2 aliphatic heterocycles. The number of ether oxygens (including phenoxy) is 1. The van der Waals surface area contributed by atoms with E-state index < -0.39 is 5.25 Å². The van der Waals surface area contributed by atoms with Gasteiger partial charge in [-0.15, -0.1) is 10.2 Å². The Kier molecular flexibility index (Phi) is 5.11. The molecule has 2 aromatic rings. The van der Waals surface area contributed by atoms with Gasteiger partial charge >= 0.3 is 0 Å². The van der Waals surface area contributed by atoms with Crippen molar-refractivity contribution in [3.05, 3.63) is 24.3 Å². The minimum Gasteiger partial charge on any atom is -0.378 e. The predicted octanol–water partition coefficient (Wildman–Crippen LogP) is 1.92. The minimum absolute atomic E-state index is 0.0229. The first-order chi connectivity index (χ1) is 14.6. The highest BCUT2D eigenvalue weighted by Crippen LogP contribution is 2.42. The van der Waals surface area contributed by atoms with Crippen LogP contribution in [0.4, 0.5) is 17.3 Å². The van der Waals surface area contributed by atoms with Crippen LogP contribution in [0.1, 0.15) is 25.8 Å². The molecule has 1 aromatic heterocycles. The number of carbonyl (C=O) groups excluding carboxylic acids is 2. The Hall–Kier alpha value is -2.59. The molecule has 3 heterocycles. The van der Waals surface area contributed by atoms with Crippen LogP contribution in [0.25, 0.3) is 0 Å². The number of benzene rings is 1. The van der Waals surface area contributed by atoms with Gasteiger partial charge in [-0.2, -0.15) is 0 Å². The summed E-state index contributed by atoms with van der Waals surface area (Å²) in [5.41, 5.74) is 1.39. The van der Waals surface area contributed by atoms with Crippen molar-refractivity contribution < 1.29 is 14.3 Å². The van der Waals surface area contributed by atoms with E-state index in [0.29, 0.717) is 24.9 Å². The normalized spacial score (nSPS) is 20.0. The van der Waals surface area contributed by atoms with E-state index in [9.17, 15) is 9.59 Å². The number of anilines is 3. The van der Waals surface area contributed by atoms with Crippen molar-refractivity contribution in [3.8, 4) is 0 Å². The van der Waals surface area contributed by atoms with Crippen molar-refractivity contribution in [2.75, 3.05) is 48.0 Å². The number of morpholine rings is 1. The highest BCUT2D eigenvalue weighted by atomic mass is 32.2. The molecule has 2 amide bonds. The Balaban J connectivity index is 1.37. The number of aromatic nitrogens is 3. The summed E-state index contributed by atoms with van der Waals surface area (Å²) in [6.07, 6.45) is 2.20. The van der Waals surface area contributed by atoms with Crippen molar-refractivity contribution in [1.29, 1.82) is 0 Å².